The van der Waals surface area contributed by atoms with E-state index in [0.717, 1.165) is 6.42 Å². The van der Waals surface area contributed by atoms with E-state index in [1.807, 2.05) is 6.92 Å². The van der Waals surface area contributed by atoms with Gasteiger partial charge in [0, 0.05) is 18.1 Å². The standard InChI is InChI=1S/C7H13O5P/c1-5-3-6(10-2)7(12-5)4-11-13(8)9/h5-7H,3-4H2,1-2H3/p+1. The molecule has 0 amide bonds. The molecule has 4 atom stereocenters. The maximum Gasteiger partial charge on any atom is 0.694 e. The highest BCUT2D eigenvalue weighted by molar-refractivity contribution is 7.32. The lowest BCUT2D eigenvalue weighted by Gasteiger charge is -2.13. The van der Waals surface area contributed by atoms with E-state index in [-0.39, 0.29) is 24.9 Å². The van der Waals surface area contributed by atoms with Crippen LogP contribution >= 0.6 is 8.25 Å². The van der Waals surface area contributed by atoms with Gasteiger partial charge in [0.05, 0.1) is 12.2 Å². The van der Waals surface area contributed by atoms with Gasteiger partial charge in [0.25, 0.3) is 0 Å². The first-order valence-electron chi connectivity index (χ1n) is 4.10. The molecule has 13 heavy (non-hydrogen) atoms. The lowest BCUT2D eigenvalue weighted by atomic mass is 10.1. The van der Waals surface area contributed by atoms with E-state index < -0.39 is 8.25 Å². The average molecular weight is 209 g/mol. The Morgan fingerprint density at radius 3 is 2.92 bits per heavy atom. The summed E-state index contributed by atoms with van der Waals surface area (Å²) in [5.74, 6) is 0. The van der Waals surface area contributed by atoms with Crippen LogP contribution < -0.4 is 0 Å². The van der Waals surface area contributed by atoms with Gasteiger partial charge in [-0.25, -0.2) is 0 Å². The number of rotatable bonds is 4. The first-order valence-corrected chi connectivity index (χ1v) is 5.23. The molecular formula is C7H14O5P+. The molecule has 1 aliphatic heterocycles. The SMILES string of the molecule is COC1CC(C)OC1CO[P+](=O)O. The van der Waals surface area contributed by atoms with Gasteiger partial charge in [-0.3, -0.25) is 0 Å². The van der Waals surface area contributed by atoms with Crippen molar-refractivity contribution in [2.75, 3.05) is 13.7 Å². The third kappa shape index (κ3) is 3.29. The molecular weight excluding hydrogens is 195 g/mol. The molecule has 5 nitrogen and oxygen atoms in total. The minimum Gasteiger partial charge on any atom is -0.379 e. The van der Waals surface area contributed by atoms with Gasteiger partial charge in [-0.05, 0) is 6.92 Å². The van der Waals surface area contributed by atoms with Crippen LogP contribution in [0.4, 0.5) is 0 Å². The van der Waals surface area contributed by atoms with Crippen molar-refractivity contribution in [1.29, 1.82) is 0 Å². The molecule has 0 aromatic rings. The zero-order valence-electron chi connectivity index (χ0n) is 7.67. The second-order valence-electron chi connectivity index (χ2n) is 3.03. The van der Waals surface area contributed by atoms with Crippen molar-refractivity contribution in [1.82, 2.24) is 0 Å². The molecule has 0 spiro atoms. The fourth-order valence-electron chi connectivity index (χ4n) is 1.45. The first kappa shape index (κ1) is 11.0. The van der Waals surface area contributed by atoms with Gasteiger partial charge >= 0.3 is 8.25 Å². The highest BCUT2D eigenvalue weighted by atomic mass is 31.1. The summed E-state index contributed by atoms with van der Waals surface area (Å²) in [6, 6.07) is 0. The van der Waals surface area contributed by atoms with E-state index in [1.54, 1.807) is 7.11 Å². The Labute approximate surface area is 77.9 Å². The van der Waals surface area contributed by atoms with E-state index in [0.29, 0.717) is 0 Å². The van der Waals surface area contributed by atoms with Crippen LogP contribution in [0, 0.1) is 0 Å². The smallest absolute Gasteiger partial charge is 0.379 e. The Balaban J connectivity index is 2.35. The highest BCUT2D eigenvalue weighted by Gasteiger charge is 2.35. The molecule has 0 aromatic carbocycles. The number of hydrogen-bond donors (Lipinski definition) is 1. The summed E-state index contributed by atoms with van der Waals surface area (Å²) in [6.07, 6.45) is 0.651. The van der Waals surface area contributed by atoms with Crippen LogP contribution in [0.15, 0.2) is 0 Å². The molecule has 1 fully saturated rings. The summed E-state index contributed by atoms with van der Waals surface area (Å²) in [5, 5.41) is 0. The van der Waals surface area contributed by atoms with Crippen LogP contribution in [0.3, 0.4) is 0 Å². The van der Waals surface area contributed by atoms with Crippen LogP contribution in [0.1, 0.15) is 13.3 Å². The minimum atomic E-state index is -2.54. The molecule has 1 saturated heterocycles. The van der Waals surface area contributed by atoms with Gasteiger partial charge in [-0.1, -0.05) is 0 Å². The largest absolute Gasteiger partial charge is 0.694 e. The Kier molecular flexibility index (Phi) is 4.22. The van der Waals surface area contributed by atoms with Gasteiger partial charge in [-0.15, -0.1) is 9.42 Å². The maximum absolute atomic E-state index is 10.3. The number of ether oxygens (including phenoxy) is 2. The summed E-state index contributed by atoms with van der Waals surface area (Å²) >= 11 is 0. The second kappa shape index (κ2) is 4.98. The molecule has 1 heterocycles. The summed E-state index contributed by atoms with van der Waals surface area (Å²) in [5.41, 5.74) is 0. The third-order valence-electron chi connectivity index (χ3n) is 2.04. The third-order valence-corrected chi connectivity index (χ3v) is 2.41. The zero-order chi connectivity index (χ0) is 9.84. The van der Waals surface area contributed by atoms with Crippen molar-refractivity contribution < 1.29 is 23.5 Å². The molecule has 1 rings (SSSR count). The lowest BCUT2D eigenvalue weighted by Crippen LogP contribution is -2.27. The topological polar surface area (TPSA) is 65.0 Å². The minimum absolute atomic E-state index is 0.0371. The Morgan fingerprint density at radius 2 is 2.38 bits per heavy atom. The molecule has 1 aliphatic rings. The van der Waals surface area contributed by atoms with Gasteiger partial charge < -0.3 is 9.47 Å². The van der Waals surface area contributed by atoms with Crippen molar-refractivity contribution in [3.63, 3.8) is 0 Å². The molecule has 0 aliphatic carbocycles. The summed E-state index contributed by atoms with van der Waals surface area (Å²) in [6.45, 7) is 2.04. The lowest BCUT2D eigenvalue weighted by molar-refractivity contribution is -0.0250. The molecule has 0 radical (unpaired) electrons. The number of hydrogen-bond acceptors (Lipinski definition) is 4. The molecule has 4 unspecified atom stereocenters. The highest BCUT2D eigenvalue weighted by Crippen LogP contribution is 2.25. The predicted octanol–water partition coefficient (Wildman–Crippen LogP) is 0.845. The molecule has 6 heteroatoms. The van der Waals surface area contributed by atoms with Gasteiger partial charge in [0.1, 0.15) is 12.7 Å². The zero-order valence-corrected chi connectivity index (χ0v) is 8.57. The molecule has 0 saturated carbocycles. The fourth-order valence-corrected chi connectivity index (χ4v) is 1.73. The predicted molar refractivity (Wildman–Crippen MR) is 45.5 cm³/mol. The van der Waals surface area contributed by atoms with Crippen LogP contribution in [0.2, 0.25) is 0 Å². The molecule has 0 aromatic heterocycles. The van der Waals surface area contributed by atoms with Crippen molar-refractivity contribution in [3.05, 3.63) is 0 Å². The first-order chi connectivity index (χ1) is 6.13. The second-order valence-corrected chi connectivity index (χ2v) is 3.76. The summed E-state index contributed by atoms with van der Waals surface area (Å²) in [4.78, 5) is 8.43. The normalized spacial score (nSPS) is 35.0. The molecule has 0 bridgehead atoms. The van der Waals surface area contributed by atoms with Crippen LogP contribution in [-0.4, -0.2) is 36.9 Å². The van der Waals surface area contributed by atoms with Crippen molar-refractivity contribution in [3.8, 4) is 0 Å². The van der Waals surface area contributed by atoms with E-state index in [1.165, 1.54) is 0 Å². The van der Waals surface area contributed by atoms with E-state index in [2.05, 4.69) is 4.52 Å². The summed E-state index contributed by atoms with van der Waals surface area (Å²) in [7, 11) is -0.945. The fraction of sp³-hybridized carbons (Fsp3) is 1.00. The van der Waals surface area contributed by atoms with Crippen molar-refractivity contribution in [2.45, 2.75) is 31.7 Å². The summed E-state index contributed by atoms with van der Waals surface area (Å²) < 4.78 is 25.4. The van der Waals surface area contributed by atoms with Gasteiger partial charge in [0.2, 0.25) is 0 Å². The Bertz CT molecular complexity index is 186. The maximum atomic E-state index is 10.3. The van der Waals surface area contributed by atoms with Gasteiger partial charge in [-0.2, -0.15) is 0 Å². The van der Waals surface area contributed by atoms with E-state index in [9.17, 15) is 4.57 Å². The van der Waals surface area contributed by atoms with Crippen molar-refractivity contribution >= 4 is 8.25 Å². The van der Waals surface area contributed by atoms with Crippen molar-refractivity contribution in [2.24, 2.45) is 0 Å². The van der Waals surface area contributed by atoms with Crippen LogP contribution in [0.5, 0.6) is 0 Å². The average Bonchev–Trinajstić information content (AvgIpc) is 2.42. The quantitative estimate of drug-likeness (QED) is 0.695. The van der Waals surface area contributed by atoms with E-state index >= 15 is 0 Å². The molecule has 1 N–H and O–H groups in total. The Morgan fingerprint density at radius 1 is 1.69 bits per heavy atom. The van der Waals surface area contributed by atoms with Crippen LogP contribution in [-0.2, 0) is 18.6 Å². The number of methoxy groups -OCH3 is 1. The molecule has 76 valence electrons. The Hall–Kier alpha value is -0.0600. The van der Waals surface area contributed by atoms with Gasteiger partial charge in [0.15, 0.2) is 0 Å². The van der Waals surface area contributed by atoms with Crippen LogP contribution in [0.25, 0.3) is 0 Å². The monoisotopic (exact) mass is 209 g/mol. The van der Waals surface area contributed by atoms with E-state index in [4.69, 9.17) is 14.4 Å².